The largest absolute Gasteiger partial charge is 0.321 e. The molecule has 0 unspecified atom stereocenters. The van der Waals surface area contributed by atoms with E-state index < -0.39 is 21.5 Å². The Morgan fingerprint density at radius 2 is 1.80 bits per heavy atom. The number of nitrogens with one attached hydrogen (secondary N) is 2. The molecule has 0 saturated heterocycles. The van der Waals surface area contributed by atoms with Gasteiger partial charge in [-0.15, -0.1) is 0 Å². The van der Waals surface area contributed by atoms with Crippen molar-refractivity contribution < 1.29 is 13.2 Å². The summed E-state index contributed by atoms with van der Waals surface area (Å²) < 4.78 is 22.1. The van der Waals surface area contributed by atoms with E-state index >= 15 is 0 Å². The molecule has 2 rings (SSSR count). The second kappa shape index (κ2) is 5.23. The van der Waals surface area contributed by atoms with Gasteiger partial charge < -0.3 is 5.32 Å². The van der Waals surface area contributed by atoms with Gasteiger partial charge in [-0.2, -0.15) is 5.10 Å². The molecule has 0 aliphatic heterocycles. The van der Waals surface area contributed by atoms with Crippen LogP contribution in [0.1, 0.15) is 10.5 Å². The molecule has 1 aromatic carbocycles. The van der Waals surface area contributed by atoms with Gasteiger partial charge in [-0.1, -0.05) is 0 Å². The third kappa shape index (κ3) is 3.28. The van der Waals surface area contributed by atoms with E-state index in [0.29, 0.717) is 5.69 Å². The number of nitrogens with zero attached hydrogens (tertiary/aromatic N) is 1. The molecule has 1 heterocycles. The van der Waals surface area contributed by atoms with Crippen LogP contribution in [0.3, 0.4) is 0 Å². The Morgan fingerprint density at radius 1 is 1.15 bits per heavy atom. The number of hydrogen-bond acceptors (Lipinski definition) is 5. The van der Waals surface area contributed by atoms with Gasteiger partial charge in [-0.25, -0.2) is 18.7 Å². The molecule has 4 N–H and O–H groups in total. The number of aromatic amines is 1. The molecule has 8 nitrogen and oxygen atoms in total. The molecule has 0 bridgehead atoms. The summed E-state index contributed by atoms with van der Waals surface area (Å²) in [6.45, 7) is 0. The van der Waals surface area contributed by atoms with Crippen LogP contribution in [0.4, 0.5) is 5.69 Å². The molecule has 1 aromatic heterocycles. The third-order valence-corrected chi connectivity index (χ3v) is 3.28. The number of hydrogen-bond donors (Lipinski definition) is 3. The van der Waals surface area contributed by atoms with E-state index in [2.05, 4.69) is 15.5 Å². The number of carbonyl (C=O) groups excluding carboxylic acids is 1. The summed E-state index contributed by atoms with van der Waals surface area (Å²) in [6, 6.07) is 7.77. The van der Waals surface area contributed by atoms with Crippen LogP contribution in [-0.2, 0) is 10.0 Å². The maximum Gasteiger partial charge on any atom is 0.276 e. The van der Waals surface area contributed by atoms with Crippen LogP contribution >= 0.6 is 0 Å². The van der Waals surface area contributed by atoms with E-state index in [1.165, 1.54) is 36.4 Å². The molecule has 9 heteroatoms. The van der Waals surface area contributed by atoms with Gasteiger partial charge in [0.15, 0.2) is 0 Å². The molecule has 0 radical (unpaired) electrons. The highest BCUT2D eigenvalue weighted by Gasteiger charge is 2.10. The smallest absolute Gasteiger partial charge is 0.276 e. The van der Waals surface area contributed by atoms with E-state index in [1.807, 2.05) is 0 Å². The van der Waals surface area contributed by atoms with Gasteiger partial charge in [0.25, 0.3) is 11.5 Å². The fourth-order valence-electron chi connectivity index (χ4n) is 1.39. The monoisotopic (exact) mass is 294 g/mol. The molecular weight excluding hydrogens is 284 g/mol. The lowest BCUT2D eigenvalue weighted by Gasteiger charge is -2.05. The molecular formula is C11H10N4O4S. The molecule has 0 spiro atoms. The van der Waals surface area contributed by atoms with Crippen molar-refractivity contribution in [3.8, 4) is 0 Å². The zero-order valence-electron chi connectivity index (χ0n) is 10.0. The van der Waals surface area contributed by atoms with Crippen molar-refractivity contribution in [3.05, 3.63) is 52.4 Å². The first-order chi connectivity index (χ1) is 9.36. The second-order valence-corrected chi connectivity index (χ2v) is 5.39. The number of aromatic nitrogens is 2. The summed E-state index contributed by atoms with van der Waals surface area (Å²) in [5.74, 6) is -0.537. The van der Waals surface area contributed by atoms with Crippen molar-refractivity contribution in [3.63, 3.8) is 0 Å². The van der Waals surface area contributed by atoms with Crippen LogP contribution in [-0.4, -0.2) is 24.5 Å². The lowest BCUT2D eigenvalue weighted by atomic mass is 10.3. The fraction of sp³-hybridized carbons (Fsp3) is 0. The second-order valence-electron chi connectivity index (χ2n) is 3.83. The Kier molecular flexibility index (Phi) is 3.63. The summed E-state index contributed by atoms with van der Waals surface area (Å²) in [5.41, 5.74) is -0.0189. The molecule has 1 amide bonds. The lowest BCUT2D eigenvalue weighted by molar-refractivity contribution is 0.102. The number of carbonyl (C=O) groups is 1. The lowest BCUT2D eigenvalue weighted by Crippen LogP contribution is -2.17. The minimum absolute atomic E-state index is 0.0279. The van der Waals surface area contributed by atoms with Gasteiger partial charge in [0, 0.05) is 11.8 Å². The fourth-order valence-corrected chi connectivity index (χ4v) is 1.91. The highest BCUT2D eigenvalue weighted by atomic mass is 32.2. The number of amides is 1. The summed E-state index contributed by atoms with van der Waals surface area (Å²) in [6.07, 6.45) is 0. The van der Waals surface area contributed by atoms with Crippen molar-refractivity contribution in [2.24, 2.45) is 5.14 Å². The first kappa shape index (κ1) is 13.9. The minimum Gasteiger partial charge on any atom is -0.321 e. The average molecular weight is 294 g/mol. The molecule has 0 aliphatic rings. The standard InChI is InChI=1S/C11H10N4O4S/c12-20(18,19)8-3-1-7(2-4-8)13-11(17)9-5-6-10(16)15-14-9/h1-6H,(H,13,17)(H,15,16)(H2,12,18,19). The summed E-state index contributed by atoms with van der Waals surface area (Å²) >= 11 is 0. The van der Waals surface area contributed by atoms with Crippen LogP contribution in [0.15, 0.2) is 46.1 Å². The highest BCUT2D eigenvalue weighted by molar-refractivity contribution is 7.89. The number of primary sulfonamides is 1. The summed E-state index contributed by atoms with van der Waals surface area (Å²) in [4.78, 5) is 22.5. The van der Waals surface area contributed by atoms with Crippen molar-refractivity contribution >= 4 is 21.6 Å². The molecule has 2 aromatic rings. The molecule has 0 atom stereocenters. The number of anilines is 1. The van der Waals surface area contributed by atoms with Gasteiger partial charge in [0.1, 0.15) is 5.69 Å². The maximum absolute atomic E-state index is 11.8. The molecule has 0 saturated carbocycles. The zero-order valence-corrected chi connectivity index (χ0v) is 10.8. The number of nitrogens with two attached hydrogens (primary N) is 1. The number of rotatable bonds is 3. The van der Waals surface area contributed by atoms with E-state index in [0.717, 1.165) is 0 Å². The van der Waals surface area contributed by atoms with Crippen molar-refractivity contribution in [1.29, 1.82) is 0 Å². The Morgan fingerprint density at radius 3 is 2.30 bits per heavy atom. The average Bonchev–Trinajstić information content (AvgIpc) is 2.39. The van der Waals surface area contributed by atoms with Gasteiger partial charge in [-0.05, 0) is 30.3 Å². The van der Waals surface area contributed by atoms with E-state index in [4.69, 9.17) is 5.14 Å². The molecule has 104 valence electrons. The van der Waals surface area contributed by atoms with Gasteiger partial charge in [0.2, 0.25) is 10.0 Å². The highest BCUT2D eigenvalue weighted by Crippen LogP contribution is 2.13. The Labute approximate surface area is 113 Å². The quantitative estimate of drug-likeness (QED) is 0.712. The normalized spacial score (nSPS) is 11.1. The van der Waals surface area contributed by atoms with Gasteiger partial charge in [0.05, 0.1) is 4.90 Å². The first-order valence-electron chi connectivity index (χ1n) is 5.36. The van der Waals surface area contributed by atoms with Crippen LogP contribution in [0.2, 0.25) is 0 Å². The van der Waals surface area contributed by atoms with E-state index in [9.17, 15) is 18.0 Å². The predicted octanol–water partition coefficient (Wildman–Crippen LogP) is -0.330. The van der Waals surface area contributed by atoms with Crippen LogP contribution in [0.5, 0.6) is 0 Å². The van der Waals surface area contributed by atoms with Crippen LogP contribution in [0.25, 0.3) is 0 Å². The number of benzene rings is 1. The van der Waals surface area contributed by atoms with Crippen molar-refractivity contribution in [2.75, 3.05) is 5.32 Å². The number of sulfonamides is 1. The van der Waals surface area contributed by atoms with Crippen LogP contribution in [0, 0.1) is 0 Å². The molecule has 0 aliphatic carbocycles. The topological polar surface area (TPSA) is 135 Å². The van der Waals surface area contributed by atoms with Gasteiger partial charge >= 0.3 is 0 Å². The molecule has 0 fully saturated rings. The van der Waals surface area contributed by atoms with Gasteiger partial charge in [-0.3, -0.25) is 9.59 Å². The Hall–Kier alpha value is -2.52. The van der Waals surface area contributed by atoms with E-state index in [-0.39, 0.29) is 10.6 Å². The maximum atomic E-state index is 11.8. The predicted molar refractivity (Wildman–Crippen MR) is 70.6 cm³/mol. The van der Waals surface area contributed by atoms with E-state index in [1.54, 1.807) is 0 Å². The van der Waals surface area contributed by atoms with Crippen molar-refractivity contribution in [2.45, 2.75) is 4.90 Å². The molecule has 20 heavy (non-hydrogen) atoms. The van der Waals surface area contributed by atoms with Crippen molar-refractivity contribution in [1.82, 2.24) is 10.2 Å². The Balaban J connectivity index is 2.16. The SMILES string of the molecule is NS(=O)(=O)c1ccc(NC(=O)c2ccc(=O)[nH]n2)cc1. The third-order valence-electron chi connectivity index (χ3n) is 2.35. The van der Waals surface area contributed by atoms with Crippen LogP contribution < -0.4 is 16.0 Å². The number of H-pyrrole nitrogens is 1. The first-order valence-corrected chi connectivity index (χ1v) is 6.91. The Bertz CT molecular complexity index is 775. The summed E-state index contributed by atoms with van der Waals surface area (Å²) in [7, 11) is -3.77. The summed E-state index contributed by atoms with van der Waals surface area (Å²) in [5, 5.41) is 13.2. The minimum atomic E-state index is -3.77. The zero-order chi connectivity index (χ0) is 14.8.